The first-order valence-electron chi connectivity index (χ1n) is 23.3. The minimum atomic E-state index is -1.40. The fraction of sp³-hybridized carbons (Fsp3) is 0.426. The zero-order valence-corrected chi connectivity index (χ0v) is 38.4. The highest BCUT2D eigenvalue weighted by Gasteiger charge is 2.65. The lowest BCUT2D eigenvalue weighted by Crippen LogP contribution is -2.70. The largest absolute Gasteiger partial charge is 0.497 e. The van der Waals surface area contributed by atoms with Gasteiger partial charge in [0.25, 0.3) is 0 Å². The van der Waals surface area contributed by atoms with Crippen LogP contribution in [-0.2, 0) is 27.4 Å². The van der Waals surface area contributed by atoms with E-state index in [2.05, 4.69) is 19.6 Å². The van der Waals surface area contributed by atoms with Crippen LogP contribution in [0.1, 0.15) is 91.3 Å². The Bertz CT molecular complexity index is 2330. The highest BCUT2D eigenvalue weighted by Crippen LogP contribution is 2.62. The number of hydrogen-bond donors (Lipinski definition) is 2. The van der Waals surface area contributed by atoms with Crippen molar-refractivity contribution in [1.82, 2.24) is 4.90 Å². The van der Waals surface area contributed by atoms with Gasteiger partial charge in [0, 0.05) is 37.7 Å². The molecule has 0 saturated heterocycles. The van der Waals surface area contributed by atoms with E-state index in [-0.39, 0.29) is 62.9 Å². The van der Waals surface area contributed by atoms with Crippen molar-refractivity contribution in [1.29, 1.82) is 0 Å². The van der Waals surface area contributed by atoms with Gasteiger partial charge in [-0.05, 0) is 109 Å². The summed E-state index contributed by atoms with van der Waals surface area (Å²) >= 11 is 0. The van der Waals surface area contributed by atoms with Crippen LogP contribution >= 0.6 is 0 Å². The van der Waals surface area contributed by atoms with Gasteiger partial charge in [0.15, 0.2) is 6.29 Å². The summed E-state index contributed by atoms with van der Waals surface area (Å²) in [6, 6.07) is 27.7. The second kappa shape index (κ2) is 23.0. The number of nitrogens with zero attached hydrogens (tertiary/aromatic N) is 2. The molecule has 1 amide bonds. The molecule has 2 N–H and O–H groups in total. The quantitative estimate of drug-likeness (QED) is 0.0302. The molecule has 0 radical (unpaired) electrons. The van der Waals surface area contributed by atoms with Gasteiger partial charge in [-0.15, -0.1) is 6.58 Å². The summed E-state index contributed by atoms with van der Waals surface area (Å²) in [5, 5.41) is 25.0. The van der Waals surface area contributed by atoms with E-state index in [9.17, 15) is 15.0 Å². The third kappa shape index (κ3) is 10.7. The second-order valence-electron chi connectivity index (χ2n) is 17.3. The van der Waals surface area contributed by atoms with Crippen LogP contribution in [0.3, 0.4) is 0 Å². The van der Waals surface area contributed by atoms with Crippen molar-refractivity contribution in [3.05, 3.63) is 138 Å². The lowest BCUT2D eigenvalue weighted by molar-refractivity contribution is -0.257. The molecule has 350 valence electrons. The Hall–Kier alpha value is -5.95. The molecule has 4 aromatic carbocycles. The van der Waals surface area contributed by atoms with Gasteiger partial charge in [-0.1, -0.05) is 79.5 Å². The Morgan fingerprint density at radius 1 is 0.894 bits per heavy atom. The number of rotatable bonds is 24. The standard InChI is InChI=1S/C54H64N2O10/c1-5-25-56(51(60)30-38-17-14-19-41(29-38)61-3)50-34-47(55-64-36-37-15-8-7-9-16-37)45-32-39(18-10-12-26-57)44(20-11-13-27-58)52-46-33-43(65-42-21-23-48(62-4)40(31-42)35-59)22-24-49(46)66-54(50,53(45)52)63-28-6-2/h6-9,14-17,19,21-24,29,31-33,35,39,44,50,52-53,57-58H,2,5,10-13,18,20,25-28,30,34,36H2,1,3-4H3/t39-,44+,50-,52+,53+,54+/m0/s1. The number of ether oxygens (including phenoxy) is 5. The number of aldehydes is 1. The number of allylic oxidation sites excluding steroid dienone is 1. The van der Waals surface area contributed by atoms with Crippen molar-refractivity contribution >= 4 is 17.9 Å². The average Bonchev–Trinajstić information content (AvgIpc) is 3.34. The second-order valence-corrected chi connectivity index (χ2v) is 17.3. The molecule has 1 aliphatic heterocycles. The number of methoxy groups -OCH3 is 2. The number of benzene rings is 4. The minimum absolute atomic E-state index is 0.0219. The maximum Gasteiger partial charge on any atom is 0.239 e. The molecular weight excluding hydrogens is 837 g/mol. The summed E-state index contributed by atoms with van der Waals surface area (Å²) in [5.41, 5.74) is 4.74. The first-order valence-corrected chi connectivity index (χ1v) is 23.3. The summed E-state index contributed by atoms with van der Waals surface area (Å²) in [4.78, 5) is 35.2. The summed E-state index contributed by atoms with van der Waals surface area (Å²) in [5.74, 6) is 0.588. The van der Waals surface area contributed by atoms with Gasteiger partial charge in [-0.2, -0.15) is 0 Å². The molecular formula is C54H64N2O10. The summed E-state index contributed by atoms with van der Waals surface area (Å²) < 4.78 is 32.0. The monoisotopic (exact) mass is 900 g/mol. The van der Waals surface area contributed by atoms with Crippen LogP contribution in [0, 0.1) is 17.8 Å². The van der Waals surface area contributed by atoms with Gasteiger partial charge < -0.3 is 43.6 Å². The molecule has 7 rings (SSSR count). The van der Waals surface area contributed by atoms with Gasteiger partial charge in [-0.3, -0.25) is 9.59 Å². The molecule has 2 aliphatic carbocycles. The van der Waals surface area contributed by atoms with Crippen molar-refractivity contribution in [3.63, 3.8) is 0 Å². The van der Waals surface area contributed by atoms with Gasteiger partial charge in [-0.25, -0.2) is 0 Å². The molecule has 1 fully saturated rings. The Labute approximate surface area is 388 Å². The first kappa shape index (κ1) is 48.0. The third-order valence-corrected chi connectivity index (χ3v) is 13.1. The van der Waals surface area contributed by atoms with Crippen molar-refractivity contribution in [2.24, 2.45) is 22.9 Å². The van der Waals surface area contributed by atoms with Gasteiger partial charge in [0.05, 0.1) is 44.4 Å². The predicted molar refractivity (Wildman–Crippen MR) is 253 cm³/mol. The van der Waals surface area contributed by atoms with Crippen LogP contribution in [0.4, 0.5) is 0 Å². The summed E-state index contributed by atoms with van der Waals surface area (Å²) in [6.45, 7) is 7.13. The van der Waals surface area contributed by atoms with E-state index in [1.165, 1.54) is 7.11 Å². The van der Waals surface area contributed by atoms with E-state index >= 15 is 4.79 Å². The van der Waals surface area contributed by atoms with E-state index in [1.807, 2.05) is 77.7 Å². The molecule has 6 atom stereocenters. The topological polar surface area (TPSA) is 146 Å². The average molecular weight is 901 g/mol. The molecule has 12 nitrogen and oxygen atoms in total. The third-order valence-electron chi connectivity index (χ3n) is 13.1. The Kier molecular flexibility index (Phi) is 16.7. The van der Waals surface area contributed by atoms with E-state index in [0.29, 0.717) is 60.1 Å². The maximum atomic E-state index is 15.0. The normalized spacial score (nSPS) is 22.2. The zero-order valence-electron chi connectivity index (χ0n) is 38.4. The molecule has 1 saturated carbocycles. The van der Waals surface area contributed by atoms with Crippen molar-refractivity contribution in [2.45, 2.75) is 89.1 Å². The van der Waals surface area contributed by atoms with Crippen molar-refractivity contribution in [3.8, 4) is 28.7 Å². The van der Waals surface area contributed by atoms with E-state index < -0.39 is 17.7 Å². The fourth-order valence-electron chi connectivity index (χ4n) is 10.2. The summed E-state index contributed by atoms with van der Waals surface area (Å²) in [7, 11) is 3.13. The molecule has 12 heteroatoms. The van der Waals surface area contributed by atoms with Crippen molar-refractivity contribution < 1.29 is 48.3 Å². The van der Waals surface area contributed by atoms with Crippen LogP contribution in [0.5, 0.6) is 28.7 Å². The van der Waals surface area contributed by atoms with E-state index in [1.54, 1.807) is 31.4 Å². The highest BCUT2D eigenvalue weighted by molar-refractivity contribution is 6.03. The maximum absolute atomic E-state index is 15.0. The Morgan fingerprint density at radius 2 is 1.65 bits per heavy atom. The van der Waals surface area contributed by atoms with Crippen LogP contribution < -0.4 is 18.9 Å². The Balaban J connectivity index is 1.43. The lowest BCUT2D eigenvalue weighted by Gasteiger charge is -2.60. The van der Waals surface area contributed by atoms with Gasteiger partial charge >= 0.3 is 0 Å². The number of unbranched alkanes of at least 4 members (excludes halogenated alkanes) is 2. The summed E-state index contributed by atoms with van der Waals surface area (Å²) in [6.07, 6.45) is 10.4. The molecule has 0 aromatic heterocycles. The molecule has 0 bridgehead atoms. The number of oxime groups is 1. The molecule has 4 aromatic rings. The number of carbonyl (C=O) groups excluding carboxylic acids is 2. The molecule has 0 unspecified atom stereocenters. The van der Waals surface area contributed by atoms with Gasteiger partial charge in [0.1, 0.15) is 41.4 Å². The number of hydrogen-bond acceptors (Lipinski definition) is 11. The zero-order chi connectivity index (χ0) is 46.5. The van der Waals surface area contributed by atoms with E-state index in [0.717, 1.165) is 59.9 Å². The number of aliphatic hydroxyl groups is 2. The number of amides is 1. The van der Waals surface area contributed by atoms with Crippen LogP contribution in [0.25, 0.3) is 0 Å². The highest BCUT2D eigenvalue weighted by atomic mass is 16.7. The smallest absolute Gasteiger partial charge is 0.239 e. The SMILES string of the molecule is C=CCO[C@@]12Oc3ccc(Oc4ccc(OC)c(C=O)c4)cc3[C@H]3[C@H](CCCCO)[C@@H](CCCCO)C=C(C(=NOCc4ccccc4)C[C@@H]1N(CCC)C(=O)Cc1cccc(OC)c1)[C@H]32. The first-order chi connectivity index (χ1) is 32.3. The molecule has 0 spiro atoms. The van der Waals surface area contributed by atoms with Crippen LogP contribution in [-0.4, -0.2) is 85.4 Å². The number of aliphatic hydroxyl groups excluding tert-OH is 2. The van der Waals surface area contributed by atoms with Crippen LogP contribution in [0.15, 0.2) is 120 Å². The Morgan fingerprint density at radius 3 is 2.38 bits per heavy atom. The molecule has 1 heterocycles. The number of carbonyl (C=O) groups is 2. The fourth-order valence-corrected chi connectivity index (χ4v) is 10.2. The van der Waals surface area contributed by atoms with Gasteiger partial charge in [0.2, 0.25) is 11.7 Å². The van der Waals surface area contributed by atoms with Crippen molar-refractivity contribution in [2.75, 3.05) is 40.6 Å². The van der Waals surface area contributed by atoms with Crippen LogP contribution in [0.2, 0.25) is 0 Å². The molecule has 3 aliphatic rings. The lowest BCUT2D eigenvalue weighted by atomic mass is 9.55. The van der Waals surface area contributed by atoms with E-state index in [4.69, 9.17) is 33.7 Å². The predicted octanol–water partition coefficient (Wildman–Crippen LogP) is 9.62. The minimum Gasteiger partial charge on any atom is -0.497 e. The molecule has 66 heavy (non-hydrogen) atoms. The number of fused-ring (bicyclic) bond motifs is 2.